The Hall–Kier alpha value is -0.490. The van der Waals surface area contributed by atoms with Crippen molar-refractivity contribution >= 4 is 11.6 Å². The monoisotopic (exact) mass is 167 g/mol. The third kappa shape index (κ3) is 1.97. The quantitative estimate of drug-likeness (QED) is 0.600. The minimum absolute atomic E-state index is 0.266. The summed E-state index contributed by atoms with van der Waals surface area (Å²) in [5.74, 6) is 0.266. The molecule has 0 saturated carbocycles. The van der Waals surface area contributed by atoms with Crippen LogP contribution in [-0.2, 0) is 0 Å². The Bertz CT molecular complexity index is 251. The maximum atomic E-state index is 5.95. The molecular formula is C10H12Cl. The summed E-state index contributed by atoms with van der Waals surface area (Å²) in [6.45, 7) is 8.03. The van der Waals surface area contributed by atoms with E-state index in [-0.39, 0.29) is 5.92 Å². The van der Waals surface area contributed by atoms with Crippen molar-refractivity contribution in [1.29, 1.82) is 0 Å². The standard InChI is InChI=1S/C10H12Cl/c1-7(2)9-6-8(3)4-5-10(9)11/h4-7H,1H2,2-3H3. The van der Waals surface area contributed by atoms with Crippen LogP contribution in [0.25, 0.3) is 0 Å². The molecule has 11 heavy (non-hydrogen) atoms. The number of hydrogen-bond donors (Lipinski definition) is 0. The van der Waals surface area contributed by atoms with E-state index in [9.17, 15) is 0 Å². The van der Waals surface area contributed by atoms with E-state index in [4.69, 9.17) is 11.6 Å². The molecule has 1 unspecified atom stereocenters. The lowest BCUT2D eigenvalue weighted by molar-refractivity contribution is 0.961. The number of hydrogen-bond acceptors (Lipinski definition) is 0. The van der Waals surface area contributed by atoms with Gasteiger partial charge in [-0.05, 0) is 31.4 Å². The molecule has 0 nitrogen and oxygen atoms in total. The molecule has 0 amide bonds. The summed E-state index contributed by atoms with van der Waals surface area (Å²) in [4.78, 5) is 0. The zero-order chi connectivity index (χ0) is 8.43. The Morgan fingerprint density at radius 2 is 2.09 bits per heavy atom. The van der Waals surface area contributed by atoms with Gasteiger partial charge in [-0.25, -0.2) is 0 Å². The molecule has 1 heteroatoms. The highest BCUT2D eigenvalue weighted by atomic mass is 35.5. The molecule has 0 aliphatic heterocycles. The molecule has 0 spiro atoms. The van der Waals surface area contributed by atoms with Gasteiger partial charge in [0.15, 0.2) is 0 Å². The second-order valence-electron chi connectivity index (χ2n) is 2.93. The van der Waals surface area contributed by atoms with Crippen LogP contribution >= 0.6 is 11.6 Å². The first kappa shape index (κ1) is 8.61. The lowest BCUT2D eigenvalue weighted by atomic mass is 10.0. The van der Waals surface area contributed by atoms with Gasteiger partial charge in [0.25, 0.3) is 0 Å². The van der Waals surface area contributed by atoms with Crippen LogP contribution in [-0.4, -0.2) is 0 Å². The molecule has 59 valence electrons. The van der Waals surface area contributed by atoms with E-state index in [2.05, 4.69) is 19.9 Å². The van der Waals surface area contributed by atoms with Crippen LogP contribution in [0.5, 0.6) is 0 Å². The average molecular weight is 168 g/mol. The maximum Gasteiger partial charge on any atom is 0.0440 e. The zero-order valence-electron chi connectivity index (χ0n) is 6.89. The summed E-state index contributed by atoms with van der Waals surface area (Å²) in [6, 6.07) is 6.02. The van der Waals surface area contributed by atoms with Gasteiger partial charge in [0.1, 0.15) is 0 Å². The van der Waals surface area contributed by atoms with E-state index in [1.165, 1.54) is 5.56 Å². The van der Waals surface area contributed by atoms with Gasteiger partial charge in [0.05, 0.1) is 0 Å². The number of aryl methyl sites for hydroxylation is 1. The minimum Gasteiger partial charge on any atom is -0.0840 e. The smallest absolute Gasteiger partial charge is 0.0440 e. The van der Waals surface area contributed by atoms with Gasteiger partial charge in [-0.2, -0.15) is 0 Å². The summed E-state index contributed by atoms with van der Waals surface area (Å²) >= 11 is 5.95. The molecule has 0 aromatic heterocycles. The van der Waals surface area contributed by atoms with Gasteiger partial charge >= 0.3 is 0 Å². The SMILES string of the molecule is [CH2]C(C)c1cc(C)ccc1Cl. The second kappa shape index (κ2) is 3.27. The van der Waals surface area contributed by atoms with Crippen LogP contribution in [0.3, 0.4) is 0 Å². The highest BCUT2D eigenvalue weighted by Gasteiger charge is 2.03. The van der Waals surface area contributed by atoms with Crippen molar-refractivity contribution < 1.29 is 0 Å². The Morgan fingerprint density at radius 3 is 2.55 bits per heavy atom. The van der Waals surface area contributed by atoms with E-state index in [0.29, 0.717) is 0 Å². The fraction of sp³-hybridized carbons (Fsp3) is 0.300. The normalized spacial score (nSPS) is 10.6. The van der Waals surface area contributed by atoms with E-state index in [1.54, 1.807) is 0 Å². The van der Waals surface area contributed by atoms with Gasteiger partial charge in [-0.3, -0.25) is 0 Å². The fourth-order valence-electron chi connectivity index (χ4n) is 1.04. The molecule has 0 bridgehead atoms. The Kier molecular flexibility index (Phi) is 2.56. The molecule has 1 aromatic carbocycles. The van der Waals surface area contributed by atoms with E-state index in [1.807, 2.05) is 19.1 Å². The summed E-state index contributed by atoms with van der Waals surface area (Å²) in [5.41, 5.74) is 2.37. The largest absolute Gasteiger partial charge is 0.0840 e. The first-order valence-electron chi connectivity index (χ1n) is 3.70. The maximum absolute atomic E-state index is 5.95. The molecule has 0 heterocycles. The summed E-state index contributed by atoms with van der Waals surface area (Å²) in [6.07, 6.45) is 0. The molecule has 0 saturated heterocycles. The average Bonchev–Trinajstić information content (AvgIpc) is 1.94. The van der Waals surface area contributed by atoms with Crippen LogP contribution in [0.15, 0.2) is 18.2 Å². The van der Waals surface area contributed by atoms with Crippen LogP contribution in [0.2, 0.25) is 5.02 Å². The molecule has 0 N–H and O–H groups in total. The van der Waals surface area contributed by atoms with Gasteiger partial charge in [0.2, 0.25) is 0 Å². The molecule has 0 aliphatic rings. The highest BCUT2D eigenvalue weighted by molar-refractivity contribution is 6.31. The predicted molar refractivity (Wildman–Crippen MR) is 50.0 cm³/mol. The molecule has 1 radical (unpaired) electrons. The van der Waals surface area contributed by atoms with Crippen molar-refractivity contribution in [3.63, 3.8) is 0 Å². The number of halogens is 1. The van der Waals surface area contributed by atoms with Gasteiger partial charge < -0.3 is 0 Å². The molecule has 0 aliphatic carbocycles. The minimum atomic E-state index is 0.266. The second-order valence-corrected chi connectivity index (χ2v) is 3.33. The van der Waals surface area contributed by atoms with Crippen LogP contribution < -0.4 is 0 Å². The van der Waals surface area contributed by atoms with Crippen LogP contribution in [0.4, 0.5) is 0 Å². The van der Waals surface area contributed by atoms with Gasteiger partial charge in [-0.15, -0.1) is 0 Å². The lowest BCUT2D eigenvalue weighted by Gasteiger charge is -2.07. The summed E-state index contributed by atoms with van der Waals surface area (Å²) in [7, 11) is 0. The third-order valence-corrected chi connectivity index (χ3v) is 2.03. The molecule has 1 aromatic rings. The van der Waals surface area contributed by atoms with Gasteiger partial charge in [-0.1, -0.05) is 36.2 Å². The van der Waals surface area contributed by atoms with Crippen molar-refractivity contribution in [3.05, 3.63) is 41.3 Å². The van der Waals surface area contributed by atoms with Crippen molar-refractivity contribution in [2.45, 2.75) is 19.8 Å². The fourth-order valence-corrected chi connectivity index (χ4v) is 1.34. The topological polar surface area (TPSA) is 0 Å². The van der Waals surface area contributed by atoms with E-state index in [0.717, 1.165) is 10.6 Å². The Balaban J connectivity index is 3.13. The highest BCUT2D eigenvalue weighted by Crippen LogP contribution is 2.24. The Morgan fingerprint density at radius 1 is 1.45 bits per heavy atom. The third-order valence-electron chi connectivity index (χ3n) is 1.68. The predicted octanol–water partition coefficient (Wildman–Crippen LogP) is 3.59. The molecule has 1 atom stereocenters. The van der Waals surface area contributed by atoms with Crippen LogP contribution in [0.1, 0.15) is 24.0 Å². The molecule has 1 rings (SSSR count). The first-order chi connectivity index (χ1) is 5.11. The van der Waals surface area contributed by atoms with Crippen molar-refractivity contribution in [2.24, 2.45) is 0 Å². The molecule has 0 fully saturated rings. The first-order valence-corrected chi connectivity index (χ1v) is 4.08. The van der Waals surface area contributed by atoms with Crippen molar-refractivity contribution in [3.8, 4) is 0 Å². The summed E-state index contributed by atoms with van der Waals surface area (Å²) < 4.78 is 0. The summed E-state index contributed by atoms with van der Waals surface area (Å²) in [5, 5.41) is 0.818. The van der Waals surface area contributed by atoms with E-state index >= 15 is 0 Å². The zero-order valence-corrected chi connectivity index (χ0v) is 7.65. The lowest BCUT2D eigenvalue weighted by Crippen LogP contribution is -1.89. The van der Waals surface area contributed by atoms with Crippen LogP contribution in [0, 0.1) is 13.8 Å². The van der Waals surface area contributed by atoms with Crippen molar-refractivity contribution in [1.82, 2.24) is 0 Å². The van der Waals surface area contributed by atoms with E-state index < -0.39 is 0 Å². The van der Waals surface area contributed by atoms with Gasteiger partial charge in [0, 0.05) is 5.02 Å². The number of rotatable bonds is 1. The van der Waals surface area contributed by atoms with Crippen molar-refractivity contribution in [2.75, 3.05) is 0 Å². The Labute approximate surface area is 73.2 Å². The molecular weight excluding hydrogens is 156 g/mol. The number of benzene rings is 1.